The van der Waals surface area contributed by atoms with Crippen LogP contribution in [0.3, 0.4) is 0 Å². The van der Waals surface area contributed by atoms with Gasteiger partial charge in [-0.2, -0.15) is 0 Å². The lowest BCUT2D eigenvalue weighted by atomic mass is 10.2. The Morgan fingerprint density at radius 2 is 1.75 bits per heavy atom. The second kappa shape index (κ2) is 8.57. The second-order valence-electron chi connectivity index (χ2n) is 4.83. The second-order valence-corrected chi connectivity index (χ2v) is 4.83. The summed E-state index contributed by atoms with van der Waals surface area (Å²) in [4.78, 5) is 13.4. The summed E-state index contributed by atoms with van der Waals surface area (Å²) in [6.45, 7) is 8.97. The van der Waals surface area contributed by atoms with Gasteiger partial charge in [0.1, 0.15) is 0 Å². The number of nitrogens with zero attached hydrogens (tertiary/aromatic N) is 1. The van der Waals surface area contributed by atoms with Crippen LogP contribution in [0.2, 0.25) is 0 Å². The van der Waals surface area contributed by atoms with Gasteiger partial charge in [0.25, 0.3) is 0 Å². The fraction of sp³-hybridized carbons (Fsp3) is 0.923. The van der Waals surface area contributed by atoms with Crippen molar-refractivity contribution in [1.29, 1.82) is 0 Å². The van der Waals surface area contributed by atoms with E-state index in [2.05, 4.69) is 0 Å². The Morgan fingerprint density at radius 3 is 2.25 bits per heavy atom. The number of carbonyl (C=O) groups excluding carboxylic acids is 1. The molecule has 0 spiro atoms. The van der Waals surface area contributed by atoms with Gasteiger partial charge in [0, 0.05) is 26.1 Å². The van der Waals surface area contributed by atoms with Crippen molar-refractivity contribution in [1.82, 2.24) is 4.90 Å². The zero-order valence-corrected chi connectivity index (χ0v) is 11.5. The van der Waals surface area contributed by atoms with Crippen LogP contribution in [0, 0.1) is 0 Å². The van der Waals surface area contributed by atoms with Crippen LogP contribution in [0.1, 0.15) is 53.4 Å². The minimum Gasteiger partial charge on any atom is -0.379 e. The van der Waals surface area contributed by atoms with Gasteiger partial charge < -0.3 is 9.64 Å². The van der Waals surface area contributed by atoms with Crippen molar-refractivity contribution >= 4 is 5.91 Å². The van der Waals surface area contributed by atoms with Crippen molar-refractivity contribution in [2.75, 3.05) is 13.7 Å². The molecule has 0 saturated carbocycles. The summed E-state index contributed by atoms with van der Waals surface area (Å²) >= 11 is 0. The Balaban J connectivity index is 3.41. The lowest BCUT2D eigenvalue weighted by Gasteiger charge is -2.21. The monoisotopic (exact) mass is 229 g/mol. The SMILES string of the molecule is CC(C)OCCCCCC(=O)N(C)C(C)C. The maximum Gasteiger partial charge on any atom is 0.222 e. The number of hydrogen-bond acceptors (Lipinski definition) is 2. The molecule has 3 nitrogen and oxygen atoms in total. The van der Waals surface area contributed by atoms with Crippen molar-refractivity contribution in [2.45, 2.75) is 65.5 Å². The van der Waals surface area contributed by atoms with E-state index in [1.54, 1.807) is 0 Å². The molecule has 0 aromatic carbocycles. The number of carbonyl (C=O) groups is 1. The smallest absolute Gasteiger partial charge is 0.222 e. The molecule has 0 fully saturated rings. The molecule has 0 aromatic rings. The molecule has 0 aliphatic rings. The van der Waals surface area contributed by atoms with Gasteiger partial charge in [-0.3, -0.25) is 4.79 Å². The number of rotatable bonds is 8. The molecular weight excluding hydrogens is 202 g/mol. The van der Waals surface area contributed by atoms with Crippen molar-refractivity contribution in [3.63, 3.8) is 0 Å². The third-order valence-corrected chi connectivity index (χ3v) is 2.65. The summed E-state index contributed by atoms with van der Waals surface area (Å²) in [5.74, 6) is 0.250. The van der Waals surface area contributed by atoms with E-state index in [0.29, 0.717) is 18.6 Å². The van der Waals surface area contributed by atoms with Gasteiger partial charge in [0.2, 0.25) is 5.91 Å². The minimum absolute atomic E-state index is 0.250. The van der Waals surface area contributed by atoms with E-state index >= 15 is 0 Å². The molecule has 96 valence electrons. The first-order valence-corrected chi connectivity index (χ1v) is 6.32. The number of ether oxygens (including phenoxy) is 1. The Labute approximate surface area is 100 Å². The molecule has 1 amide bonds. The predicted molar refractivity (Wildman–Crippen MR) is 67.5 cm³/mol. The maximum atomic E-state index is 11.6. The highest BCUT2D eigenvalue weighted by molar-refractivity contribution is 5.76. The molecule has 0 radical (unpaired) electrons. The Hall–Kier alpha value is -0.570. The van der Waals surface area contributed by atoms with Crippen molar-refractivity contribution in [3.05, 3.63) is 0 Å². The van der Waals surface area contributed by atoms with Gasteiger partial charge in [-0.1, -0.05) is 6.42 Å². The standard InChI is InChI=1S/C13H27NO2/c1-11(2)14(5)13(15)9-7-6-8-10-16-12(3)4/h11-12H,6-10H2,1-5H3. The van der Waals surface area contributed by atoms with E-state index in [1.807, 2.05) is 39.6 Å². The summed E-state index contributed by atoms with van der Waals surface area (Å²) in [5.41, 5.74) is 0. The molecule has 0 atom stereocenters. The van der Waals surface area contributed by atoms with E-state index in [0.717, 1.165) is 25.9 Å². The predicted octanol–water partition coefficient (Wildman–Crippen LogP) is 2.84. The lowest BCUT2D eigenvalue weighted by Crippen LogP contribution is -2.32. The topological polar surface area (TPSA) is 29.5 Å². The Kier molecular flexibility index (Phi) is 8.26. The largest absolute Gasteiger partial charge is 0.379 e. The highest BCUT2D eigenvalue weighted by Crippen LogP contribution is 2.05. The maximum absolute atomic E-state index is 11.6. The molecular formula is C13H27NO2. The first kappa shape index (κ1) is 15.4. The van der Waals surface area contributed by atoms with Gasteiger partial charge in [-0.25, -0.2) is 0 Å². The fourth-order valence-corrected chi connectivity index (χ4v) is 1.34. The van der Waals surface area contributed by atoms with Gasteiger partial charge in [0.05, 0.1) is 6.10 Å². The van der Waals surface area contributed by atoms with E-state index in [1.165, 1.54) is 0 Å². The fourth-order valence-electron chi connectivity index (χ4n) is 1.34. The first-order valence-electron chi connectivity index (χ1n) is 6.32. The average Bonchev–Trinajstić information content (AvgIpc) is 2.21. The van der Waals surface area contributed by atoms with Crippen molar-refractivity contribution in [2.24, 2.45) is 0 Å². The quantitative estimate of drug-likeness (QED) is 0.599. The van der Waals surface area contributed by atoms with Crippen LogP contribution >= 0.6 is 0 Å². The van der Waals surface area contributed by atoms with Crippen molar-refractivity contribution < 1.29 is 9.53 Å². The Bertz CT molecular complexity index is 190. The van der Waals surface area contributed by atoms with Crippen LogP contribution in [0.5, 0.6) is 0 Å². The van der Waals surface area contributed by atoms with Gasteiger partial charge >= 0.3 is 0 Å². The third-order valence-electron chi connectivity index (χ3n) is 2.65. The molecule has 0 saturated heterocycles. The van der Waals surface area contributed by atoms with Gasteiger partial charge in [0.15, 0.2) is 0 Å². The number of amides is 1. The van der Waals surface area contributed by atoms with Crippen LogP contribution in [0.15, 0.2) is 0 Å². The molecule has 0 aromatic heterocycles. The van der Waals surface area contributed by atoms with Crippen LogP contribution in [-0.2, 0) is 9.53 Å². The molecule has 0 rings (SSSR count). The van der Waals surface area contributed by atoms with Crippen LogP contribution in [-0.4, -0.2) is 36.6 Å². The van der Waals surface area contributed by atoms with E-state index in [9.17, 15) is 4.79 Å². The molecule has 0 unspecified atom stereocenters. The van der Waals surface area contributed by atoms with E-state index < -0.39 is 0 Å². The lowest BCUT2D eigenvalue weighted by molar-refractivity contribution is -0.131. The van der Waals surface area contributed by atoms with Crippen LogP contribution in [0.4, 0.5) is 0 Å². The minimum atomic E-state index is 0.250. The average molecular weight is 229 g/mol. The van der Waals surface area contributed by atoms with E-state index in [4.69, 9.17) is 4.74 Å². The normalized spacial score (nSPS) is 11.2. The first-order chi connectivity index (χ1) is 7.45. The zero-order valence-electron chi connectivity index (χ0n) is 11.5. The summed E-state index contributed by atoms with van der Waals surface area (Å²) in [7, 11) is 1.87. The third kappa shape index (κ3) is 7.69. The summed E-state index contributed by atoms with van der Waals surface area (Å²) < 4.78 is 5.44. The highest BCUT2D eigenvalue weighted by Gasteiger charge is 2.10. The Morgan fingerprint density at radius 1 is 1.12 bits per heavy atom. The summed E-state index contributed by atoms with van der Waals surface area (Å²) in [6.07, 6.45) is 4.07. The molecule has 3 heteroatoms. The number of hydrogen-bond donors (Lipinski definition) is 0. The summed E-state index contributed by atoms with van der Waals surface area (Å²) in [6, 6.07) is 0.303. The molecule has 0 aliphatic heterocycles. The van der Waals surface area contributed by atoms with Gasteiger partial charge in [-0.15, -0.1) is 0 Å². The molecule has 16 heavy (non-hydrogen) atoms. The molecule has 0 bridgehead atoms. The molecule has 0 aliphatic carbocycles. The molecule has 0 heterocycles. The zero-order chi connectivity index (χ0) is 12.6. The van der Waals surface area contributed by atoms with Crippen molar-refractivity contribution in [3.8, 4) is 0 Å². The number of unbranched alkanes of at least 4 members (excludes halogenated alkanes) is 2. The van der Waals surface area contributed by atoms with Crippen LogP contribution < -0.4 is 0 Å². The van der Waals surface area contributed by atoms with E-state index in [-0.39, 0.29) is 5.91 Å². The van der Waals surface area contributed by atoms with Gasteiger partial charge in [-0.05, 0) is 40.5 Å². The highest BCUT2D eigenvalue weighted by atomic mass is 16.5. The van der Waals surface area contributed by atoms with Crippen LogP contribution in [0.25, 0.3) is 0 Å². The molecule has 0 N–H and O–H groups in total. The summed E-state index contributed by atoms with van der Waals surface area (Å²) in [5, 5.41) is 0.